The van der Waals surface area contributed by atoms with Crippen LogP contribution in [0.3, 0.4) is 0 Å². The Balaban J connectivity index is 1.86. The van der Waals surface area contributed by atoms with Crippen LogP contribution < -0.4 is 10.6 Å². The van der Waals surface area contributed by atoms with Crippen molar-refractivity contribution in [1.82, 2.24) is 10.3 Å². The van der Waals surface area contributed by atoms with Crippen LogP contribution in [-0.2, 0) is 19.1 Å². The number of aromatic amines is 1. The van der Waals surface area contributed by atoms with Crippen molar-refractivity contribution in [3.8, 4) is 0 Å². The molecule has 31 heavy (non-hydrogen) atoms. The highest BCUT2D eigenvalue weighted by molar-refractivity contribution is 9.10. The summed E-state index contributed by atoms with van der Waals surface area (Å²) in [6, 6.07) is 5.39. The Morgan fingerprint density at radius 1 is 1.03 bits per heavy atom. The molecular weight excluding hydrogens is 470 g/mol. The molecule has 0 saturated heterocycles. The summed E-state index contributed by atoms with van der Waals surface area (Å²) < 4.78 is 10.9. The van der Waals surface area contributed by atoms with Crippen LogP contribution in [0.2, 0.25) is 0 Å². The summed E-state index contributed by atoms with van der Waals surface area (Å²) in [5.74, 6) is -2.38. The van der Waals surface area contributed by atoms with E-state index in [-0.39, 0.29) is 24.4 Å². The number of aryl methyl sites for hydroxylation is 2. The molecular formula is C21H24BrN3O6. The zero-order chi connectivity index (χ0) is 23.1. The second-order valence-corrected chi connectivity index (χ2v) is 7.62. The summed E-state index contributed by atoms with van der Waals surface area (Å²) in [6.07, 6.45) is 0. The maximum absolute atomic E-state index is 12.4. The SMILES string of the molecule is CCOC(=O)c1[nH]c(C)c(C(=O)OCC(=O)NCC(=O)Nc2ccc(Br)cc2C)c1C. The number of halogens is 1. The van der Waals surface area contributed by atoms with Crippen LogP contribution in [0.5, 0.6) is 0 Å². The predicted octanol–water partition coefficient (Wildman–Crippen LogP) is 2.79. The van der Waals surface area contributed by atoms with Gasteiger partial charge in [0, 0.05) is 15.9 Å². The van der Waals surface area contributed by atoms with Gasteiger partial charge in [0.25, 0.3) is 5.91 Å². The Labute approximate surface area is 188 Å². The molecule has 2 amide bonds. The van der Waals surface area contributed by atoms with Crippen LogP contribution >= 0.6 is 15.9 Å². The van der Waals surface area contributed by atoms with E-state index in [1.807, 2.05) is 13.0 Å². The quantitative estimate of drug-likeness (QED) is 0.485. The maximum Gasteiger partial charge on any atom is 0.355 e. The van der Waals surface area contributed by atoms with Gasteiger partial charge < -0.3 is 25.1 Å². The number of benzene rings is 1. The number of H-pyrrole nitrogens is 1. The Bertz CT molecular complexity index is 1010. The van der Waals surface area contributed by atoms with Gasteiger partial charge in [-0.05, 0) is 57.0 Å². The number of anilines is 1. The van der Waals surface area contributed by atoms with Crippen molar-refractivity contribution in [2.75, 3.05) is 25.1 Å². The first-order valence-corrected chi connectivity index (χ1v) is 10.3. The Kier molecular flexibility index (Phi) is 8.38. The molecule has 0 unspecified atom stereocenters. The molecule has 10 heteroatoms. The normalized spacial score (nSPS) is 10.4. The highest BCUT2D eigenvalue weighted by atomic mass is 79.9. The number of ether oxygens (including phenoxy) is 2. The van der Waals surface area contributed by atoms with E-state index in [1.54, 1.807) is 32.9 Å². The van der Waals surface area contributed by atoms with Gasteiger partial charge in [0.15, 0.2) is 6.61 Å². The van der Waals surface area contributed by atoms with Crippen molar-refractivity contribution in [1.29, 1.82) is 0 Å². The van der Waals surface area contributed by atoms with E-state index in [0.29, 0.717) is 16.9 Å². The number of hydrogen-bond donors (Lipinski definition) is 3. The largest absolute Gasteiger partial charge is 0.461 e. The van der Waals surface area contributed by atoms with Crippen LogP contribution in [0.25, 0.3) is 0 Å². The third-order valence-electron chi connectivity index (χ3n) is 4.36. The van der Waals surface area contributed by atoms with Gasteiger partial charge in [0.05, 0.1) is 18.7 Å². The fourth-order valence-electron chi connectivity index (χ4n) is 2.86. The van der Waals surface area contributed by atoms with Crippen LogP contribution in [0, 0.1) is 20.8 Å². The maximum atomic E-state index is 12.4. The molecule has 1 aromatic heterocycles. The van der Waals surface area contributed by atoms with Crippen LogP contribution in [0.15, 0.2) is 22.7 Å². The van der Waals surface area contributed by atoms with Crippen molar-refractivity contribution in [3.05, 3.63) is 50.8 Å². The summed E-state index contributed by atoms with van der Waals surface area (Å²) >= 11 is 3.35. The summed E-state index contributed by atoms with van der Waals surface area (Å²) in [5, 5.41) is 5.08. The molecule has 0 aliphatic heterocycles. The van der Waals surface area contributed by atoms with Gasteiger partial charge in [-0.15, -0.1) is 0 Å². The van der Waals surface area contributed by atoms with Crippen molar-refractivity contribution >= 4 is 45.4 Å². The fourth-order valence-corrected chi connectivity index (χ4v) is 3.33. The molecule has 0 fully saturated rings. The highest BCUT2D eigenvalue weighted by Gasteiger charge is 2.24. The second-order valence-electron chi connectivity index (χ2n) is 6.71. The Morgan fingerprint density at radius 3 is 2.39 bits per heavy atom. The topological polar surface area (TPSA) is 127 Å². The Hall–Kier alpha value is -3.14. The molecule has 0 spiro atoms. The number of carbonyl (C=O) groups is 4. The molecule has 1 heterocycles. The van der Waals surface area contributed by atoms with Gasteiger partial charge >= 0.3 is 11.9 Å². The van der Waals surface area contributed by atoms with Crippen LogP contribution in [-0.4, -0.2) is 48.5 Å². The molecule has 0 radical (unpaired) electrons. The second kappa shape index (κ2) is 10.8. The minimum atomic E-state index is -0.758. The van der Waals surface area contributed by atoms with Crippen molar-refractivity contribution < 1.29 is 28.7 Å². The minimum Gasteiger partial charge on any atom is -0.461 e. The van der Waals surface area contributed by atoms with Gasteiger partial charge in [0.2, 0.25) is 5.91 Å². The summed E-state index contributed by atoms with van der Waals surface area (Å²) in [6.45, 7) is 6.07. The minimum absolute atomic E-state index is 0.163. The molecule has 0 aliphatic rings. The summed E-state index contributed by atoms with van der Waals surface area (Å²) in [7, 11) is 0. The predicted molar refractivity (Wildman–Crippen MR) is 117 cm³/mol. The monoisotopic (exact) mass is 493 g/mol. The van der Waals surface area contributed by atoms with Gasteiger partial charge in [-0.2, -0.15) is 0 Å². The lowest BCUT2D eigenvalue weighted by Crippen LogP contribution is -2.35. The molecule has 0 saturated carbocycles. The number of nitrogens with one attached hydrogen (secondary N) is 3. The third kappa shape index (κ3) is 6.42. The molecule has 0 bridgehead atoms. The summed E-state index contributed by atoms with van der Waals surface area (Å²) in [5.41, 5.74) is 2.63. The average molecular weight is 494 g/mol. The smallest absolute Gasteiger partial charge is 0.355 e. The van der Waals surface area contributed by atoms with E-state index in [2.05, 4.69) is 31.5 Å². The lowest BCUT2D eigenvalue weighted by Gasteiger charge is -2.10. The van der Waals surface area contributed by atoms with Crippen molar-refractivity contribution in [3.63, 3.8) is 0 Å². The number of rotatable bonds is 8. The van der Waals surface area contributed by atoms with Crippen molar-refractivity contribution in [2.45, 2.75) is 27.7 Å². The molecule has 2 rings (SSSR count). The number of amides is 2. The molecule has 9 nitrogen and oxygen atoms in total. The first-order valence-electron chi connectivity index (χ1n) is 9.50. The van der Waals surface area contributed by atoms with Crippen LogP contribution in [0.4, 0.5) is 5.69 Å². The zero-order valence-corrected chi connectivity index (χ0v) is 19.3. The molecule has 0 aliphatic carbocycles. The third-order valence-corrected chi connectivity index (χ3v) is 4.86. The van der Waals surface area contributed by atoms with E-state index in [9.17, 15) is 19.2 Å². The first kappa shape index (κ1) is 24.1. The Morgan fingerprint density at radius 2 is 1.74 bits per heavy atom. The fraction of sp³-hybridized carbons (Fsp3) is 0.333. The summed E-state index contributed by atoms with van der Waals surface area (Å²) in [4.78, 5) is 51.1. The number of carbonyl (C=O) groups excluding carboxylic acids is 4. The van der Waals surface area contributed by atoms with E-state index >= 15 is 0 Å². The lowest BCUT2D eigenvalue weighted by molar-refractivity contribution is -0.126. The molecule has 3 N–H and O–H groups in total. The molecule has 2 aromatic rings. The highest BCUT2D eigenvalue weighted by Crippen LogP contribution is 2.20. The van der Waals surface area contributed by atoms with Gasteiger partial charge in [-0.1, -0.05) is 15.9 Å². The molecule has 1 aromatic carbocycles. The van der Waals surface area contributed by atoms with E-state index < -0.39 is 30.4 Å². The van der Waals surface area contributed by atoms with Gasteiger partial charge in [0.1, 0.15) is 5.69 Å². The number of aromatic nitrogens is 1. The van der Waals surface area contributed by atoms with E-state index in [4.69, 9.17) is 9.47 Å². The lowest BCUT2D eigenvalue weighted by atomic mass is 10.1. The molecule has 0 atom stereocenters. The molecule has 166 valence electrons. The van der Waals surface area contributed by atoms with E-state index in [1.165, 1.54) is 0 Å². The number of hydrogen-bond acceptors (Lipinski definition) is 6. The van der Waals surface area contributed by atoms with Crippen molar-refractivity contribution in [2.24, 2.45) is 0 Å². The van der Waals surface area contributed by atoms with Gasteiger partial charge in [-0.3, -0.25) is 9.59 Å². The first-order chi connectivity index (χ1) is 14.6. The number of esters is 2. The zero-order valence-electron chi connectivity index (χ0n) is 17.7. The van der Waals surface area contributed by atoms with Gasteiger partial charge in [-0.25, -0.2) is 9.59 Å². The van der Waals surface area contributed by atoms with E-state index in [0.717, 1.165) is 10.0 Å². The average Bonchev–Trinajstić information content (AvgIpc) is 3.01. The standard InChI is InChI=1S/C21H24BrN3O6/c1-5-30-21(29)19-12(3)18(13(4)24-19)20(28)31-10-17(27)23-9-16(26)25-15-7-6-14(22)8-11(15)2/h6-8,24H,5,9-10H2,1-4H3,(H,23,27)(H,25,26). The van der Waals surface area contributed by atoms with Crippen LogP contribution in [0.1, 0.15) is 44.6 Å².